The molecule has 5 heteroatoms. The molecule has 0 amide bonds. The van der Waals surface area contributed by atoms with Gasteiger partial charge in [0.25, 0.3) is 0 Å². The van der Waals surface area contributed by atoms with Crippen molar-refractivity contribution in [3.8, 4) is 5.75 Å². The van der Waals surface area contributed by atoms with Crippen LogP contribution in [0.25, 0.3) is 10.9 Å². The molecule has 0 saturated carbocycles. The van der Waals surface area contributed by atoms with E-state index in [0.717, 1.165) is 22.2 Å². The van der Waals surface area contributed by atoms with Crippen molar-refractivity contribution in [2.45, 2.75) is 33.8 Å². The van der Waals surface area contributed by atoms with Crippen LogP contribution in [-0.2, 0) is 4.74 Å². The summed E-state index contributed by atoms with van der Waals surface area (Å²) in [5.41, 5.74) is 4.04. The van der Waals surface area contributed by atoms with E-state index in [4.69, 9.17) is 9.47 Å². The lowest BCUT2D eigenvalue weighted by Gasteiger charge is -2.13. The Morgan fingerprint density at radius 2 is 1.70 bits per heavy atom. The third kappa shape index (κ3) is 3.87. The molecule has 0 aliphatic carbocycles. The first-order chi connectivity index (χ1) is 12.9. The third-order valence-electron chi connectivity index (χ3n) is 4.65. The highest BCUT2D eigenvalue weighted by atomic mass is 16.5. The standard InChI is InChI=1S/C22H23NO4/c1-5-26-18-9-6-16(7-10-18)21(24)15(4)27-22(25)17-8-11-20-19(12-17)13(2)14(3)23-20/h6-12,15,23H,5H2,1-4H3/t15-/m0/s1. The summed E-state index contributed by atoms with van der Waals surface area (Å²) in [4.78, 5) is 28.3. The largest absolute Gasteiger partial charge is 0.494 e. The lowest BCUT2D eigenvalue weighted by molar-refractivity contribution is 0.0319. The van der Waals surface area contributed by atoms with Gasteiger partial charge in [-0.2, -0.15) is 0 Å². The minimum absolute atomic E-state index is 0.249. The fourth-order valence-corrected chi connectivity index (χ4v) is 2.99. The number of hydrogen-bond acceptors (Lipinski definition) is 4. The number of H-pyrrole nitrogens is 1. The molecule has 0 fully saturated rings. The summed E-state index contributed by atoms with van der Waals surface area (Å²) in [6, 6.07) is 12.2. The van der Waals surface area contributed by atoms with Gasteiger partial charge >= 0.3 is 5.97 Å². The number of esters is 1. The maximum Gasteiger partial charge on any atom is 0.338 e. The molecular weight excluding hydrogens is 342 g/mol. The van der Waals surface area contributed by atoms with Gasteiger partial charge in [0.15, 0.2) is 6.10 Å². The molecule has 0 aliphatic heterocycles. The number of fused-ring (bicyclic) bond motifs is 1. The minimum atomic E-state index is -0.875. The van der Waals surface area contributed by atoms with Gasteiger partial charge in [-0.1, -0.05) is 0 Å². The summed E-state index contributed by atoms with van der Waals surface area (Å²) in [7, 11) is 0. The van der Waals surface area contributed by atoms with Gasteiger partial charge < -0.3 is 14.5 Å². The Labute approximate surface area is 158 Å². The van der Waals surface area contributed by atoms with Crippen molar-refractivity contribution in [3.63, 3.8) is 0 Å². The number of ketones is 1. The van der Waals surface area contributed by atoms with Crippen molar-refractivity contribution in [3.05, 3.63) is 64.8 Å². The van der Waals surface area contributed by atoms with Crippen molar-refractivity contribution < 1.29 is 19.1 Å². The van der Waals surface area contributed by atoms with Crippen LogP contribution in [0.5, 0.6) is 5.75 Å². The molecule has 0 bridgehead atoms. The summed E-state index contributed by atoms with van der Waals surface area (Å²) in [6.45, 7) is 8.03. The van der Waals surface area contributed by atoms with E-state index >= 15 is 0 Å². The zero-order valence-electron chi connectivity index (χ0n) is 16.0. The van der Waals surface area contributed by atoms with E-state index in [1.54, 1.807) is 43.3 Å². The first-order valence-electron chi connectivity index (χ1n) is 8.97. The van der Waals surface area contributed by atoms with Crippen molar-refractivity contribution in [1.29, 1.82) is 0 Å². The van der Waals surface area contributed by atoms with Crippen LogP contribution < -0.4 is 4.74 Å². The van der Waals surface area contributed by atoms with Crippen LogP contribution in [0.4, 0.5) is 0 Å². The number of nitrogens with one attached hydrogen (secondary N) is 1. The van der Waals surface area contributed by atoms with Gasteiger partial charge in [0.2, 0.25) is 5.78 Å². The molecule has 1 aromatic heterocycles. The predicted octanol–water partition coefficient (Wildman–Crippen LogP) is 4.61. The van der Waals surface area contributed by atoms with Crippen LogP contribution in [0.2, 0.25) is 0 Å². The molecular formula is C22H23NO4. The quantitative estimate of drug-likeness (QED) is 0.511. The Balaban J connectivity index is 1.72. The number of ether oxygens (including phenoxy) is 2. The Morgan fingerprint density at radius 3 is 2.37 bits per heavy atom. The molecule has 0 unspecified atom stereocenters. The maximum atomic E-state index is 12.5. The topological polar surface area (TPSA) is 68.4 Å². The summed E-state index contributed by atoms with van der Waals surface area (Å²) in [5.74, 6) is -0.0627. The number of carbonyl (C=O) groups is 2. The summed E-state index contributed by atoms with van der Waals surface area (Å²) < 4.78 is 10.8. The Kier molecular flexibility index (Phi) is 5.31. The smallest absolute Gasteiger partial charge is 0.338 e. The molecule has 140 valence electrons. The molecule has 3 rings (SSSR count). The number of aryl methyl sites for hydroxylation is 2. The second kappa shape index (κ2) is 7.66. The van der Waals surface area contributed by atoms with E-state index in [1.807, 2.05) is 26.8 Å². The molecule has 0 aliphatic rings. The molecule has 5 nitrogen and oxygen atoms in total. The second-order valence-electron chi connectivity index (χ2n) is 6.50. The SMILES string of the molecule is CCOc1ccc(C(=O)[C@H](C)OC(=O)c2ccc3[nH]c(C)c(C)c3c2)cc1. The van der Waals surface area contributed by atoms with E-state index < -0.39 is 12.1 Å². The summed E-state index contributed by atoms with van der Waals surface area (Å²) >= 11 is 0. The van der Waals surface area contributed by atoms with Crippen LogP contribution in [0.1, 0.15) is 45.8 Å². The normalized spacial score (nSPS) is 12.0. The number of carbonyl (C=O) groups excluding carboxylic acids is 2. The zero-order chi connectivity index (χ0) is 19.6. The van der Waals surface area contributed by atoms with E-state index in [9.17, 15) is 9.59 Å². The van der Waals surface area contributed by atoms with E-state index in [-0.39, 0.29) is 5.78 Å². The molecule has 3 aromatic rings. The highest BCUT2D eigenvalue weighted by Crippen LogP contribution is 2.23. The lowest BCUT2D eigenvalue weighted by Crippen LogP contribution is -2.24. The van der Waals surface area contributed by atoms with Crippen LogP contribution in [0.3, 0.4) is 0 Å². The zero-order valence-corrected chi connectivity index (χ0v) is 16.0. The van der Waals surface area contributed by atoms with E-state index in [1.165, 1.54) is 0 Å². The minimum Gasteiger partial charge on any atom is -0.494 e. The lowest BCUT2D eigenvalue weighted by atomic mass is 10.1. The molecule has 27 heavy (non-hydrogen) atoms. The summed E-state index contributed by atoms with van der Waals surface area (Å²) in [5, 5.41) is 0.979. The molecule has 1 N–H and O–H groups in total. The molecule has 1 atom stereocenters. The fourth-order valence-electron chi connectivity index (χ4n) is 2.99. The van der Waals surface area contributed by atoms with Crippen LogP contribution in [0, 0.1) is 13.8 Å². The predicted molar refractivity (Wildman–Crippen MR) is 105 cm³/mol. The highest BCUT2D eigenvalue weighted by Gasteiger charge is 2.21. The molecule has 1 heterocycles. The number of hydrogen-bond donors (Lipinski definition) is 1. The van der Waals surface area contributed by atoms with Gasteiger partial charge in [0.05, 0.1) is 12.2 Å². The average Bonchev–Trinajstić information content (AvgIpc) is 2.95. The Bertz CT molecular complexity index is 985. The van der Waals surface area contributed by atoms with Crippen LogP contribution in [0.15, 0.2) is 42.5 Å². The first kappa shape index (κ1) is 18.7. The number of Topliss-reactive ketones (excluding diaryl/α,β-unsaturated/α-hetero) is 1. The Morgan fingerprint density at radius 1 is 1.04 bits per heavy atom. The van der Waals surface area contributed by atoms with Crippen LogP contribution >= 0.6 is 0 Å². The number of aromatic amines is 1. The van der Waals surface area contributed by atoms with E-state index in [2.05, 4.69) is 4.98 Å². The van der Waals surface area contributed by atoms with Gasteiger partial charge in [-0.25, -0.2) is 4.79 Å². The van der Waals surface area contributed by atoms with Crippen molar-refractivity contribution in [2.24, 2.45) is 0 Å². The fraction of sp³-hybridized carbons (Fsp3) is 0.273. The van der Waals surface area contributed by atoms with Gasteiger partial charge in [0.1, 0.15) is 5.75 Å². The molecule has 2 aromatic carbocycles. The number of aromatic nitrogens is 1. The second-order valence-corrected chi connectivity index (χ2v) is 6.50. The van der Waals surface area contributed by atoms with Crippen molar-refractivity contribution >= 4 is 22.7 Å². The number of benzene rings is 2. The van der Waals surface area contributed by atoms with Crippen LogP contribution in [-0.4, -0.2) is 29.4 Å². The van der Waals surface area contributed by atoms with Crippen molar-refractivity contribution in [1.82, 2.24) is 4.98 Å². The molecule has 0 saturated heterocycles. The molecule has 0 radical (unpaired) electrons. The monoisotopic (exact) mass is 365 g/mol. The number of rotatable bonds is 6. The Hall–Kier alpha value is -3.08. The maximum absolute atomic E-state index is 12.5. The third-order valence-corrected chi connectivity index (χ3v) is 4.65. The molecule has 0 spiro atoms. The van der Waals surface area contributed by atoms with Gasteiger partial charge in [-0.05, 0) is 75.7 Å². The van der Waals surface area contributed by atoms with Gasteiger partial charge in [-0.3, -0.25) is 4.79 Å². The first-order valence-corrected chi connectivity index (χ1v) is 8.97. The van der Waals surface area contributed by atoms with E-state index in [0.29, 0.717) is 23.5 Å². The van der Waals surface area contributed by atoms with Gasteiger partial charge in [0, 0.05) is 22.2 Å². The van der Waals surface area contributed by atoms with Gasteiger partial charge in [-0.15, -0.1) is 0 Å². The summed E-state index contributed by atoms with van der Waals surface area (Å²) in [6.07, 6.45) is -0.875. The highest BCUT2D eigenvalue weighted by molar-refractivity contribution is 6.02. The average molecular weight is 365 g/mol. The van der Waals surface area contributed by atoms with Crippen molar-refractivity contribution in [2.75, 3.05) is 6.61 Å².